The summed E-state index contributed by atoms with van der Waals surface area (Å²) in [6.45, 7) is 0. The third kappa shape index (κ3) is 7.06. The van der Waals surface area contributed by atoms with Crippen molar-refractivity contribution in [2.45, 2.75) is 12.3 Å². The molecule has 0 bridgehead atoms. The highest BCUT2D eigenvalue weighted by molar-refractivity contribution is 6.18. The predicted molar refractivity (Wildman–Crippen MR) is 307 cm³/mol. The van der Waals surface area contributed by atoms with Gasteiger partial charge in [0.2, 0.25) is 0 Å². The third-order valence-corrected chi connectivity index (χ3v) is 15.1. The zero-order valence-electron chi connectivity index (χ0n) is 40.7. The molecule has 0 fully saturated rings. The van der Waals surface area contributed by atoms with Gasteiger partial charge in [0.05, 0.1) is 27.6 Å². The minimum absolute atomic E-state index is 0.153. The smallest absolute Gasteiger partial charge is 0.166 e. The largest absolute Gasteiger partial charge is 0.456 e. The minimum Gasteiger partial charge on any atom is -0.456 e. The molecule has 15 rings (SSSR count). The molecule has 1 unspecified atom stereocenters. The molecule has 6 heteroatoms. The second-order valence-corrected chi connectivity index (χ2v) is 19.4. The van der Waals surface area contributed by atoms with E-state index in [0.717, 1.165) is 78.4 Å². The predicted octanol–water partition coefficient (Wildman–Crippen LogP) is 15.9. The van der Waals surface area contributed by atoms with Crippen molar-refractivity contribution in [3.63, 3.8) is 0 Å². The molecule has 4 aromatic heterocycles. The van der Waals surface area contributed by atoms with Crippen LogP contribution >= 0.6 is 0 Å². The first-order valence-corrected chi connectivity index (χ1v) is 25.6. The Labute approximate surface area is 432 Å². The Bertz CT molecular complexity index is 4670. The summed E-state index contributed by atoms with van der Waals surface area (Å²) in [6, 6.07) is 86.1. The van der Waals surface area contributed by atoms with Crippen LogP contribution in [0.15, 0.2) is 247 Å². The van der Waals surface area contributed by atoms with Crippen LogP contribution in [0.4, 0.5) is 0 Å². The SMILES string of the molecule is C1=c2c(n(-c3cc(-c4ccccc4)ccc3-c3nc(-c4ccccc4)nc(-c4ccc5oc6ccccc6c5c4)n3)c3cccc(-c4cccc5c4c4ccccc4n5-c4ccccc4)c23)=CC(c2ccccc2)C1. The molecule has 0 N–H and O–H groups in total. The van der Waals surface area contributed by atoms with Gasteiger partial charge in [-0.2, -0.15) is 0 Å². The quantitative estimate of drug-likeness (QED) is 0.152. The highest BCUT2D eigenvalue weighted by Gasteiger charge is 2.25. The standard InChI is InChI=1S/C69H45N5O/c1-5-19-44(20-6-1)47-35-38-55-61(42-47)74(60-33-18-30-53(66(55)60)52-29-17-32-59-65(52)54-28-13-15-31-58(54)73(59)50-25-11-4-12-26-50)62-43-48(45-21-7-2-8-22-45)36-39-56(62)69-71-67(46-23-9-3-10-24-46)70-68(72-69)49-37-40-64-57(41-49)51-27-14-16-34-63(51)75-64/h1-34,36-43,47H,35H2. The monoisotopic (exact) mass is 959 g/mol. The van der Waals surface area contributed by atoms with Crippen molar-refractivity contribution in [3.05, 3.63) is 259 Å². The van der Waals surface area contributed by atoms with E-state index in [1.54, 1.807) is 0 Å². The first-order valence-electron chi connectivity index (χ1n) is 25.6. The number of hydrogen-bond donors (Lipinski definition) is 0. The normalized spacial score (nSPS) is 13.4. The van der Waals surface area contributed by atoms with Crippen molar-refractivity contribution in [2.75, 3.05) is 0 Å². The van der Waals surface area contributed by atoms with Gasteiger partial charge in [-0.1, -0.05) is 188 Å². The zero-order chi connectivity index (χ0) is 49.4. The van der Waals surface area contributed by atoms with Crippen LogP contribution in [0, 0.1) is 0 Å². The lowest BCUT2D eigenvalue weighted by molar-refractivity contribution is 0.669. The average molecular weight is 960 g/mol. The summed E-state index contributed by atoms with van der Waals surface area (Å²) in [4.78, 5) is 16.1. The first-order chi connectivity index (χ1) is 37.2. The van der Waals surface area contributed by atoms with E-state index in [0.29, 0.717) is 17.5 Å². The van der Waals surface area contributed by atoms with Crippen LogP contribution in [-0.2, 0) is 0 Å². The number of furan rings is 1. The molecule has 0 spiro atoms. The second kappa shape index (κ2) is 17.4. The number of fused-ring (bicyclic) bond motifs is 9. The van der Waals surface area contributed by atoms with E-state index in [9.17, 15) is 0 Å². The fourth-order valence-electron chi connectivity index (χ4n) is 11.7. The molecular formula is C69H45N5O. The van der Waals surface area contributed by atoms with Crippen LogP contribution in [0.5, 0.6) is 0 Å². The fourth-order valence-corrected chi connectivity index (χ4v) is 11.7. The molecule has 1 aliphatic carbocycles. The lowest BCUT2D eigenvalue weighted by atomic mass is 9.90. The van der Waals surface area contributed by atoms with Crippen molar-refractivity contribution in [1.82, 2.24) is 24.1 Å². The summed E-state index contributed by atoms with van der Waals surface area (Å²) in [5.41, 5.74) is 15.8. The summed E-state index contributed by atoms with van der Waals surface area (Å²) in [5, 5.41) is 8.07. The molecule has 6 nitrogen and oxygen atoms in total. The average Bonchev–Trinajstić information content (AvgIpc) is 4.15. The van der Waals surface area contributed by atoms with Crippen molar-refractivity contribution < 1.29 is 4.42 Å². The van der Waals surface area contributed by atoms with E-state index < -0.39 is 0 Å². The van der Waals surface area contributed by atoms with E-state index in [1.165, 1.54) is 49.1 Å². The molecule has 14 aromatic rings. The molecule has 4 heterocycles. The van der Waals surface area contributed by atoms with Crippen LogP contribution in [0.2, 0.25) is 0 Å². The van der Waals surface area contributed by atoms with E-state index in [-0.39, 0.29) is 5.92 Å². The Morgan fingerprint density at radius 3 is 1.75 bits per heavy atom. The summed E-state index contributed by atoms with van der Waals surface area (Å²) < 4.78 is 11.2. The number of nitrogens with zero attached hydrogens (tertiary/aromatic N) is 5. The van der Waals surface area contributed by atoms with Gasteiger partial charge in [0, 0.05) is 60.4 Å². The summed E-state index contributed by atoms with van der Waals surface area (Å²) in [7, 11) is 0. The summed E-state index contributed by atoms with van der Waals surface area (Å²) in [6.07, 6.45) is 5.84. The van der Waals surface area contributed by atoms with Crippen LogP contribution < -0.4 is 10.6 Å². The number of benzene rings is 10. The summed E-state index contributed by atoms with van der Waals surface area (Å²) >= 11 is 0. The third-order valence-electron chi connectivity index (χ3n) is 15.1. The number of aromatic nitrogens is 5. The van der Waals surface area contributed by atoms with Crippen molar-refractivity contribution >= 4 is 66.8 Å². The highest BCUT2D eigenvalue weighted by atomic mass is 16.3. The minimum atomic E-state index is 0.153. The molecule has 0 saturated carbocycles. The Balaban J connectivity index is 1.03. The Hall–Kier alpha value is -9.91. The number of hydrogen-bond acceptors (Lipinski definition) is 4. The molecule has 10 aromatic carbocycles. The molecule has 1 atom stereocenters. The van der Waals surface area contributed by atoms with Gasteiger partial charge in [0.25, 0.3) is 0 Å². The van der Waals surface area contributed by atoms with Crippen LogP contribution in [0.3, 0.4) is 0 Å². The van der Waals surface area contributed by atoms with E-state index >= 15 is 0 Å². The summed E-state index contributed by atoms with van der Waals surface area (Å²) in [5.74, 6) is 1.91. The lowest BCUT2D eigenvalue weighted by Crippen LogP contribution is -2.32. The van der Waals surface area contributed by atoms with E-state index in [4.69, 9.17) is 19.4 Å². The van der Waals surface area contributed by atoms with Gasteiger partial charge >= 0.3 is 0 Å². The van der Waals surface area contributed by atoms with Gasteiger partial charge in [0.1, 0.15) is 11.2 Å². The van der Waals surface area contributed by atoms with Gasteiger partial charge in [-0.25, -0.2) is 15.0 Å². The van der Waals surface area contributed by atoms with E-state index in [2.05, 4.69) is 221 Å². The Kier molecular flexibility index (Phi) is 9.91. The van der Waals surface area contributed by atoms with Crippen molar-refractivity contribution in [1.29, 1.82) is 0 Å². The molecule has 1 aliphatic rings. The van der Waals surface area contributed by atoms with Gasteiger partial charge in [0.15, 0.2) is 17.5 Å². The van der Waals surface area contributed by atoms with Crippen molar-refractivity contribution in [3.8, 4) is 67.8 Å². The van der Waals surface area contributed by atoms with E-state index in [1.807, 2.05) is 42.5 Å². The Morgan fingerprint density at radius 2 is 0.973 bits per heavy atom. The maximum Gasteiger partial charge on any atom is 0.166 e. The number of para-hydroxylation sites is 3. The molecule has 0 radical (unpaired) electrons. The molecule has 0 amide bonds. The Morgan fingerprint density at radius 1 is 0.387 bits per heavy atom. The first kappa shape index (κ1) is 42.7. The van der Waals surface area contributed by atoms with Crippen LogP contribution in [0.25, 0.3) is 135 Å². The van der Waals surface area contributed by atoms with Crippen molar-refractivity contribution in [2.24, 2.45) is 0 Å². The van der Waals surface area contributed by atoms with Gasteiger partial charge in [-0.05, 0) is 101 Å². The fraction of sp³-hybridized carbons (Fsp3) is 0.0290. The van der Waals surface area contributed by atoms with Gasteiger partial charge < -0.3 is 13.6 Å². The second-order valence-electron chi connectivity index (χ2n) is 19.4. The maximum atomic E-state index is 6.28. The van der Waals surface area contributed by atoms with Gasteiger partial charge in [-0.15, -0.1) is 0 Å². The molecule has 0 aliphatic heterocycles. The number of rotatable bonds is 8. The van der Waals surface area contributed by atoms with Gasteiger partial charge in [-0.3, -0.25) is 0 Å². The maximum absolute atomic E-state index is 6.28. The zero-order valence-corrected chi connectivity index (χ0v) is 40.7. The topological polar surface area (TPSA) is 61.7 Å². The molecular weight excluding hydrogens is 915 g/mol. The van der Waals surface area contributed by atoms with Crippen LogP contribution in [0.1, 0.15) is 17.9 Å². The molecule has 75 heavy (non-hydrogen) atoms. The lowest BCUT2D eigenvalue weighted by Gasteiger charge is -2.18. The van der Waals surface area contributed by atoms with Crippen LogP contribution in [-0.4, -0.2) is 24.1 Å². The molecule has 0 saturated heterocycles. The highest BCUT2D eigenvalue weighted by Crippen LogP contribution is 2.42. The molecule has 352 valence electrons.